The summed E-state index contributed by atoms with van der Waals surface area (Å²) in [6.45, 7) is 0. The quantitative estimate of drug-likeness (QED) is 0.0357. The molecule has 9 rings (SSSR count). The molecule has 0 aliphatic carbocycles. The van der Waals surface area contributed by atoms with Crippen LogP contribution in [0.5, 0.6) is 23.0 Å². The molecule has 86 heavy (non-hydrogen) atoms. The van der Waals surface area contributed by atoms with E-state index in [1.54, 1.807) is 0 Å². The van der Waals surface area contributed by atoms with E-state index in [1.807, 2.05) is 0 Å². The van der Waals surface area contributed by atoms with Crippen molar-refractivity contribution in [3.05, 3.63) is 90.4 Å². The summed E-state index contributed by atoms with van der Waals surface area (Å²) in [6.07, 6.45) is 0. The molecule has 420 valence electrons. The zero-order valence-electron chi connectivity index (χ0n) is 43.3. The van der Waals surface area contributed by atoms with Crippen molar-refractivity contribution >= 4 is 188 Å². The molecule has 2 aromatic heterocycles. The summed E-state index contributed by atoms with van der Waals surface area (Å²) < 4.78 is 229. The van der Waals surface area contributed by atoms with Crippen LogP contribution in [-0.2, 0) is 60.7 Å². The van der Waals surface area contributed by atoms with Gasteiger partial charge >= 0.3 is 177 Å². The Balaban J connectivity index is 0.00000323. The minimum Gasteiger partial charge on any atom is -0.450 e. The summed E-state index contributed by atoms with van der Waals surface area (Å²) in [6, 6.07) is 6.37. The monoisotopic (exact) mass is 1480 g/mol. The number of hydrogen-bond acceptors (Lipinski definition) is 26. The van der Waals surface area contributed by atoms with E-state index in [0.29, 0.717) is 6.07 Å². The number of rotatable bonds is 14. The van der Waals surface area contributed by atoms with Gasteiger partial charge in [0.25, 0.3) is 60.7 Å². The van der Waals surface area contributed by atoms with Gasteiger partial charge in [-0.15, -0.1) is 0 Å². The van der Waals surface area contributed by atoms with E-state index in [0.717, 1.165) is 42.5 Å². The number of nitrogens with zero attached hydrogens (tertiary/aromatic N) is 8. The average Bonchev–Trinajstić information content (AvgIpc) is 0.851. The molecule has 0 unspecified atom stereocenters. The second kappa shape index (κ2) is 29.6. The first-order chi connectivity index (χ1) is 36.9. The summed E-state index contributed by atoms with van der Waals surface area (Å²) in [5, 5.41) is 4.54. The summed E-state index contributed by atoms with van der Waals surface area (Å²) in [7, 11) is -34.0. The van der Waals surface area contributed by atoms with E-state index >= 15 is 0 Å². The van der Waals surface area contributed by atoms with Crippen molar-refractivity contribution in [3.63, 3.8) is 0 Å². The Morgan fingerprint density at radius 3 is 1.02 bits per heavy atom. The molecule has 0 bridgehead atoms. The molecule has 10 N–H and O–H groups in total. The van der Waals surface area contributed by atoms with Gasteiger partial charge in [0.2, 0.25) is 33.0 Å². The smallest absolute Gasteiger partial charge is 0.450 e. The molecule has 0 fully saturated rings. The van der Waals surface area contributed by atoms with E-state index < -0.39 is 212 Å². The van der Waals surface area contributed by atoms with Crippen LogP contribution < -0.4 is 219 Å². The molecule has 32 nitrogen and oxygen atoms in total. The zero-order chi connectivity index (χ0) is 58.7. The molecule has 0 saturated carbocycles. The molecule has 0 saturated heterocycles. The van der Waals surface area contributed by atoms with Gasteiger partial charge in [0.05, 0.1) is 28.4 Å². The third-order valence-corrected chi connectivity index (χ3v) is 17.4. The molecule has 50 heteroatoms. The van der Waals surface area contributed by atoms with E-state index in [1.165, 1.54) is 0 Å². The Hall–Kier alpha value is -0.280. The molecular weight excluding hydrogens is 1460 g/mol. The molecule has 0 amide bonds. The van der Waals surface area contributed by atoms with Gasteiger partial charge in [-0.2, -0.15) is 80.4 Å². The molecular formula is C36H18Cl6N12Na6O20S6+6. The number of nitrogens with one attached hydrogen (secondary N) is 4. The minimum absolute atomic E-state index is 0. The van der Waals surface area contributed by atoms with Crippen molar-refractivity contribution < 1.29 is 265 Å². The van der Waals surface area contributed by atoms with E-state index in [-0.39, 0.29) is 177 Å². The van der Waals surface area contributed by atoms with E-state index in [2.05, 4.69) is 61.2 Å². The predicted molar refractivity (Wildman–Crippen MR) is 276 cm³/mol. The van der Waals surface area contributed by atoms with E-state index in [9.17, 15) is 77.8 Å². The third-order valence-electron chi connectivity index (χ3n) is 10.2. The Kier molecular flexibility index (Phi) is 27.5. The van der Waals surface area contributed by atoms with Gasteiger partial charge in [-0.3, -0.25) is 27.3 Å². The minimum atomic E-state index is -5.80. The van der Waals surface area contributed by atoms with Crippen LogP contribution >= 0.6 is 69.6 Å². The fraction of sp³-hybridized carbons (Fsp3) is 0. The van der Waals surface area contributed by atoms with Gasteiger partial charge in [-0.1, -0.05) is 23.2 Å². The first kappa shape index (κ1) is 80.0. The van der Waals surface area contributed by atoms with E-state index in [4.69, 9.17) is 79.1 Å². The average molecular weight is 1480 g/mol. The second-order valence-electron chi connectivity index (χ2n) is 15.4. The standard InChI is InChI=1S/C36H18Cl6N12O20S6.6Na/c37-18-20-25(74-23-10(45-20)1-2-11(26(23)76(58,59)60)44-13-4-6-15(48-36-53-33(41)50-34(42)54-36)30(80(70,71)72)28(13)78(64,65)66)19(38)21-24(18)73-22-16(46-21)7-9(8-17(22)75(55,56)57)43-12-3-5-14(47-35-51-31(39)49-32(40)52-35)29(79(67,68)69)27(12)77(61,62)63;;;;;;/h1-8,43-44H,(H,55,56,57)(H,58,59,60)(H,61,62,63)(H,64,65,66)(H,67,68,69)(H,70,71,72)(H,47,49,51,52)(H,48,50,53,54);;;;;;/q;6*+1. The number of aromatic nitrogens is 6. The summed E-state index contributed by atoms with van der Waals surface area (Å²) >= 11 is 36.6. The number of anilines is 8. The SMILES string of the molecule is O=S(=O)(O)c1cc(Nc2ccc(Nc3nc(Cl)nc(Cl)n3)c(S(=O)(=O)O)c2S(=O)(=O)O)cc2c1Oc1c(Cl)c3c(c(Cl)c1=N2)Oc1c(ccc(Nc2ccc(Nc4nc(Cl)nc(Cl)n4)c(S(=O)(=O)O)c2S(=O)(=O)O)c1S(=O)(=O)O)N=3.[Na+].[Na+].[Na+].[Na+].[Na+].[Na+]. The Morgan fingerprint density at radius 2 is 0.663 bits per heavy atom. The van der Waals surface area contributed by atoms with Crippen LogP contribution in [0.1, 0.15) is 0 Å². The second-order valence-corrected chi connectivity index (χ2v) is 25.7. The topological polar surface area (TPSA) is 495 Å². The largest absolute Gasteiger partial charge is 1.00 e. The summed E-state index contributed by atoms with van der Waals surface area (Å²) in [5.41, 5.74) is -6.14. The molecule has 2 aliphatic rings. The number of ether oxygens (including phenoxy) is 2. The first-order valence-corrected chi connectivity index (χ1v) is 30.9. The maximum atomic E-state index is 13.3. The molecule has 7 aromatic rings. The number of halogens is 6. The van der Waals surface area contributed by atoms with Crippen molar-refractivity contribution in [2.75, 3.05) is 21.3 Å². The van der Waals surface area contributed by atoms with Crippen molar-refractivity contribution in [1.82, 2.24) is 29.9 Å². The fourth-order valence-electron chi connectivity index (χ4n) is 7.43. The van der Waals surface area contributed by atoms with Gasteiger partial charge in [-0.25, -0.2) is 9.98 Å². The normalized spacial score (nSPS) is 12.3. The molecule has 5 aromatic carbocycles. The third kappa shape index (κ3) is 17.2. The summed E-state index contributed by atoms with van der Waals surface area (Å²) in [5.74, 6) is -4.25. The van der Waals surface area contributed by atoms with Crippen molar-refractivity contribution in [2.24, 2.45) is 9.98 Å². The fourth-order valence-corrected chi connectivity index (χ4v) is 14.3. The first-order valence-electron chi connectivity index (χ1n) is 20.0. The van der Waals surface area contributed by atoms with Crippen LogP contribution in [0.4, 0.5) is 57.4 Å². The van der Waals surface area contributed by atoms with Crippen molar-refractivity contribution in [2.45, 2.75) is 29.4 Å². The number of hydrogen-bond donors (Lipinski definition) is 10. The predicted octanol–water partition coefficient (Wildman–Crippen LogP) is -11.4. The van der Waals surface area contributed by atoms with Gasteiger partial charge in [0, 0.05) is 5.69 Å². The van der Waals surface area contributed by atoms with Crippen LogP contribution in [-0.4, -0.2) is 108 Å². The number of benzene rings is 5. The maximum Gasteiger partial charge on any atom is 1.00 e. The Morgan fingerprint density at radius 1 is 0.349 bits per heavy atom. The Bertz CT molecular complexity index is 4820. The molecule has 4 heterocycles. The van der Waals surface area contributed by atoms with Crippen molar-refractivity contribution in [3.8, 4) is 23.0 Å². The summed E-state index contributed by atoms with van der Waals surface area (Å²) in [4.78, 5) is 21.3. The maximum absolute atomic E-state index is 13.3. The zero-order valence-corrected chi connectivity index (χ0v) is 64.7. The number of fused-ring (bicyclic) bond motifs is 4. The van der Waals surface area contributed by atoms with Gasteiger partial charge in [0.15, 0.2) is 27.9 Å². The molecule has 0 atom stereocenters. The molecule has 0 radical (unpaired) electrons. The van der Waals surface area contributed by atoms with Gasteiger partial charge < -0.3 is 30.7 Å². The van der Waals surface area contributed by atoms with Crippen LogP contribution in [0.3, 0.4) is 0 Å². The van der Waals surface area contributed by atoms with Gasteiger partial charge in [0.1, 0.15) is 56.6 Å². The molecule has 2 aliphatic heterocycles. The van der Waals surface area contributed by atoms with Gasteiger partial charge in [-0.05, 0) is 94.9 Å². The van der Waals surface area contributed by atoms with Crippen LogP contribution in [0.25, 0.3) is 0 Å². The van der Waals surface area contributed by atoms with Crippen LogP contribution in [0, 0.1) is 0 Å². The van der Waals surface area contributed by atoms with Crippen LogP contribution in [0.15, 0.2) is 87.9 Å². The molecule has 0 spiro atoms. The Labute approximate surface area is 645 Å². The van der Waals surface area contributed by atoms with Crippen molar-refractivity contribution in [1.29, 1.82) is 0 Å². The van der Waals surface area contributed by atoms with Crippen LogP contribution in [0.2, 0.25) is 31.2 Å².